The monoisotopic (exact) mass is 182 g/mol. The van der Waals surface area contributed by atoms with Crippen LogP contribution >= 0.6 is 0 Å². The van der Waals surface area contributed by atoms with Crippen molar-refractivity contribution in [2.24, 2.45) is 11.8 Å². The van der Waals surface area contributed by atoms with Gasteiger partial charge in [-0.2, -0.15) is 0 Å². The second-order valence-corrected chi connectivity index (χ2v) is 4.95. The first-order valence-corrected chi connectivity index (χ1v) is 5.63. The van der Waals surface area contributed by atoms with E-state index < -0.39 is 0 Å². The molecule has 3 atom stereocenters. The van der Waals surface area contributed by atoms with Crippen molar-refractivity contribution in [3.8, 4) is 0 Å². The number of rotatable bonds is 2. The third-order valence-corrected chi connectivity index (χ3v) is 3.91. The van der Waals surface area contributed by atoms with Crippen molar-refractivity contribution in [2.45, 2.75) is 26.3 Å². The molecular formula is C11H22N2. The molecule has 1 unspecified atom stereocenters. The predicted octanol–water partition coefficient (Wildman–Crippen LogP) is 1.28. The van der Waals surface area contributed by atoms with E-state index in [-0.39, 0.29) is 0 Å². The zero-order chi connectivity index (χ0) is 9.42. The van der Waals surface area contributed by atoms with E-state index in [0.29, 0.717) is 0 Å². The van der Waals surface area contributed by atoms with Gasteiger partial charge in [0.15, 0.2) is 0 Å². The molecule has 2 rings (SSSR count). The maximum absolute atomic E-state index is 2.68. The lowest BCUT2D eigenvalue weighted by Crippen LogP contribution is -2.33. The summed E-state index contributed by atoms with van der Waals surface area (Å²) in [6, 6.07) is 0.802. The number of hydrogen-bond acceptors (Lipinski definition) is 2. The largest absolute Gasteiger partial charge is 0.306 e. The Morgan fingerprint density at radius 1 is 1.15 bits per heavy atom. The Morgan fingerprint density at radius 2 is 1.69 bits per heavy atom. The molecule has 0 aromatic rings. The minimum atomic E-state index is 0.802. The summed E-state index contributed by atoms with van der Waals surface area (Å²) < 4.78 is 0. The van der Waals surface area contributed by atoms with E-state index in [1.807, 2.05) is 0 Å². The second-order valence-electron chi connectivity index (χ2n) is 4.95. The van der Waals surface area contributed by atoms with Crippen LogP contribution in [0.15, 0.2) is 0 Å². The van der Waals surface area contributed by atoms with Gasteiger partial charge in [-0.15, -0.1) is 0 Å². The Balaban J connectivity index is 1.90. The molecule has 0 aliphatic carbocycles. The Morgan fingerprint density at radius 3 is 2.15 bits per heavy atom. The molecule has 2 heteroatoms. The summed E-state index contributed by atoms with van der Waals surface area (Å²) in [5, 5.41) is 0. The van der Waals surface area contributed by atoms with Gasteiger partial charge in [0.25, 0.3) is 0 Å². The lowest BCUT2D eigenvalue weighted by atomic mass is 10.0. The number of nitrogens with zero attached hydrogens (tertiary/aromatic N) is 2. The molecule has 2 fully saturated rings. The quantitative estimate of drug-likeness (QED) is 0.635. The van der Waals surface area contributed by atoms with E-state index in [9.17, 15) is 0 Å². The summed E-state index contributed by atoms with van der Waals surface area (Å²) >= 11 is 0. The van der Waals surface area contributed by atoms with Crippen molar-refractivity contribution < 1.29 is 0 Å². The van der Waals surface area contributed by atoms with Crippen LogP contribution in [0, 0.1) is 11.8 Å². The predicted molar refractivity (Wildman–Crippen MR) is 55.8 cm³/mol. The first kappa shape index (κ1) is 9.47. The number of likely N-dealkylation sites (tertiary alicyclic amines) is 2. The fraction of sp³-hybridized carbons (Fsp3) is 1.00. The van der Waals surface area contributed by atoms with Gasteiger partial charge in [-0.3, -0.25) is 0 Å². The molecule has 0 aromatic carbocycles. The highest BCUT2D eigenvalue weighted by molar-refractivity contribution is 4.93. The van der Waals surface area contributed by atoms with E-state index >= 15 is 0 Å². The second kappa shape index (κ2) is 3.58. The Bertz CT molecular complexity index is 167. The van der Waals surface area contributed by atoms with Crippen molar-refractivity contribution in [1.82, 2.24) is 9.80 Å². The molecule has 0 spiro atoms. The normalized spacial score (nSPS) is 38.1. The molecule has 0 N–H and O–H groups in total. The Kier molecular flexibility index (Phi) is 2.61. The molecule has 76 valence electrons. The van der Waals surface area contributed by atoms with Crippen LogP contribution in [0.1, 0.15) is 20.3 Å². The minimum Gasteiger partial charge on any atom is -0.306 e. The fourth-order valence-electron chi connectivity index (χ4n) is 2.88. The van der Waals surface area contributed by atoms with Gasteiger partial charge in [-0.1, -0.05) is 6.92 Å². The first-order chi connectivity index (χ1) is 6.20. The molecule has 0 radical (unpaired) electrons. The van der Waals surface area contributed by atoms with Gasteiger partial charge in [-0.05, 0) is 32.2 Å². The van der Waals surface area contributed by atoms with Crippen LogP contribution in [0.25, 0.3) is 0 Å². The molecule has 0 amide bonds. The van der Waals surface area contributed by atoms with E-state index in [2.05, 4.69) is 30.7 Å². The molecule has 2 nitrogen and oxygen atoms in total. The molecule has 0 saturated carbocycles. The molecule has 2 aliphatic rings. The maximum atomic E-state index is 2.68. The summed E-state index contributed by atoms with van der Waals surface area (Å²) in [5.41, 5.74) is 0. The zero-order valence-corrected chi connectivity index (χ0v) is 9.16. The summed E-state index contributed by atoms with van der Waals surface area (Å²) in [7, 11) is 2.26. The van der Waals surface area contributed by atoms with Crippen LogP contribution in [0.4, 0.5) is 0 Å². The summed E-state index contributed by atoms with van der Waals surface area (Å²) in [6.07, 6.45) is 1.30. The molecule has 2 aliphatic heterocycles. The van der Waals surface area contributed by atoms with Crippen LogP contribution in [-0.4, -0.2) is 49.1 Å². The Hall–Kier alpha value is -0.0800. The third kappa shape index (κ3) is 1.75. The molecular weight excluding hydrogens is 160 g/mol. The number of fused-ring (bicyclic) bond motifs is 1. The topological polar surface area (TPSA) is 6.48 Å². The van der Waals surface area contributed by atoms with E-state index in [1.165, 1.54) is 32.6 Å². The zero-order valence-electron chi connectivity index (χ0n) is 9.16. The fourth-order valence-corrected chi connectivity index (χ4v) is 2.88. The highest BCUT2D eigenvalue weighted by Gasteiger charge is 2.39. The molecule has 0 aromatic heterocycles. The van der Waals surface area contributed by atoms with Gasteiger partial charge in [-0.25, -0.2) is 0 Å². The number of hydrogen-bond donors (Lipinski definition) is 0. The standard InChI is InChI=1S/C11H22N2/c1-4-9(2)13-7-10-5-12(3)6-11(10)8-13/h9-11H,4-8H2,1-3H3/t9?,10-,11+. The third-order valence-electron chi connectivity index (χ3n) is 3.91. The van der Waals surface area contributed by atoms with Crippen LogP contribution in [0.3, 0.4) is 0 Å². The van der Waals surface area contributed by atoms with Gasteiger partial charge >= 0.3 is 0 Å². The lowest BCUT2D eigenvalue weighted by molar-refractivity contribution is 0.219. The van der Waals surface area contributed by atoms with Crippen LogP contribution < -0.4 is 0 Å². The van der Waals surface area contributed by atoms with Crippen LogP contribution in [0.2, 0.25) is 0 Å². The van der Waals surface area contributed by atoms with E-state index in [1.54, 1.807) is 0 Å². The Labute approximate surface area is 81.9 Å². The van der Waals surface area contributed by atoms with Gasteiger partial charge in [0.1, 0.15) is 0 Å². The van der Waals surface area contributed by atoms with Crippen molar-refractivity contribution in [3.05, 3.63) is 0 Å². The molecule has 0 bridgehead atoms. The average molecular weight is 182 g/mol. The highest BCUT2D eigenvalue weighted by Crippen LogP contribution is 2.31. The van der Waals surface area contributed by atoms with Gasteiger partial charge < -0.3 is 9.80 Å². The van der Waals surface area contributed by atoms with Gasteiger partial charge in [0.2, 0.25) is 0 Å². The molecule has 2 saturated heterocycles. The first-order valence-electron chi connectivity index (χ1n) is 5.63. The van der Waals surface area contributed by atoms with Gasteiger partial charge in [0, 0.05) is 32.2 Å². The SMILES string of the molecule is CCC(C)N1C[C@H]2CN(C)C[C@H]2C1. The molecule has 2 heterocycles. The smallest absolute Gasteiger partial charge is 0.00645 e. The molecule has 13 heavy (non-hydrogen) atoms. The van der Waals surface area contributed by atoms with Crippen molar-refractivity contribution in [3.63, 3.8) is 0 Å². The van der Waals surface area contributed by atoms with Crippen LogP contribution in [0.5, 0.6) is 0 Å². The summed E-state index contributed by atoms with van der Waals surface area (Å²) in [5.74, 6) is 1.94. The lowest BCUT2D eigenvalue weighted by Gasteiger charge is -2.24. The van der Waals surface area contributed by atoms with Crippen molar-refractivity contribution in [1.29, 1.82) is 0 Å². The summed E-state index contributed by atoms with van der Waals surface area (Å²) in [6.45, 7) is 10.0. The van der Waals surface area contributed by atoms with E-state index in [4.69, 9.17) is 0 Å². The van der Waals surface area contributed by atoms with Crippen molar-refractivity contribution in [2.75, 3.05) is 33.2 Å². The van der Waals surface area contributed by atoms with Gasteiger partial charge in [0.05, 0.1) is 0 Å². The highest BCUT2D eigenvalue weighted by atomic mass is 15.2. The van der Waals surface area contributed by atoms with Crippen LogP contribution in [-0.2, 0) is 0 Å². The summed E-state index contributed by atoms with van der Waals surface area (Å²) in [4.78, 5) is 5.17. The van der Waals surface area contributed by atoms with E-state index in [0.717, 1.165) is 17.9 Å². The average Bonchev–Trinajstić information content (AvgIpc) is 2.59. The maximum Gasteiger partial charge on any atom is 0.00645 e. The minimum absolute atomic E-state index is 0.802. The van der Waals surface area contributed by atoms with Crippen molar-refractivity contribution >= 4 is 0 Å².